The monoisotopic (exact) mass is 242 g/mol. The standard InChI is InChI=1S/C15H30O2/c1-4-15(16)17-13-11-9-7-5-6-8-10-12-14(2)3/h14H,4-13H2,1-3H3. The van der Waals surface area contributed by atoms with Crippen molar-refractivity contribution in [3.8, 4) is 0 Å². The van der Waals surface area contributed by atoms with Crippen LogP contribution in [0.15, 0.2) is 0 Å². The van der Waals surface area contributed by atoms with Gasteiger partial charge in [0.15, 0.2) is 0 Å². The molecule has 0 aromatic rings. The second-order valence-corrected chi connectivity index (χ2v) is 5.23. The first-order valence-electron chi connectivity index (χ1n) is 7.32. The van der Waals surface area contributed by atoms with Gasteiger partial charge < -0.3 is 4.74 Å². The van der Waals surface area contributed by atoms with Crippen LogP contribution in [0.1, 0.15) is 78.6 Å². The van der Waals surface area contributed by atoms with Gasteiger partial charge in [0.25, 0.3) is 0 Å². The molecule has 0 atom stereocenters. The van der Waals surface area contributed by atoms with Crippen LogP contribution in [0, 0.1) is 5.92 Å². The Morgan fingerprint density at radius 3 is 2.00 bits per heavy atom. The van der Waals surface area contributed by atoms with Gasteiger partial charge in [-0.1, -0.05) is 65.7 Å². The molecule has 0 aliphatic carbocycles. The molecule has 0 bridgehead atoms. The van der Waals surface area contributed by atoms with Crippen molar-refractivity contribution in [3.63, 3.8) is 0 Å². The average molecular weight is 242 g/mol. The maximum absolute atomic E-state index is 10.9. The summed E-state index contributed by atoms with van der Waals surface area (Å²) in [5.41, 5.74) is 0. The van der Waals surface area contributed by atoms with Crippen LogP contribution in [0.2, 0.25) is 0 Å². The predicted molar refractivity (Wildman–Crippen MR) is 73.0 cm³/mol. The Balaban J connectivity index is 3.01. The molecule has 0 aromatic heterocycles. The highest BCUT2D eigenvalue weighted by atomic mass is 16.5. The van der Waals surface area contributed by atoms with E-state index in [-0.39, 0.29) is 5.97 Å². The van der Waals surface area contributed by atoms with E-state index in [4.69, 9.17) is 4.74 Å². The van der Waals surface area contributed by atoms with Crippen molar-refractivity contribution in [2.45, 2.75) is 78.6 Å². The van der Waals surface area contributed by atoms with Gasteiger partial charge >= 0.3 is 5.97 Å². The molecule has 17 heavy (non-hydrogen) atoms. The van der Waals surface area contributed by atoms with Crippen LogP contribution in [-0.2, 0) is 9.53 Å². The van der Waals surface area contributed by atoms with E-state index in [1.807, 2.05) is 6.92 Å². The highest BCUT2D eigenvalue weighted by Gasteiger charge is 1.98. The molecule has 0 fully saturated rings. The Morgan fingerprint density at radius 1 is 0.941 bits per heavy atom. The van der Waals surface area contributed by atoms with Gasteiger partial charge in [-0.2, -0.15) is 0 Å². The molecule has 0 saturated heterocycles. The van der Waals surface area contributed by atoms with Gasteiger partial charge in [-0.15, -0.1) is 0 Å². The molecule has 2 nitrogen and oxygen atoms in total. The second-order valence-electron chi connectivity index (χ2n) is 5.23. The number of esters is 1. The lowest BCUT2D eigenvalue weighted by molar-refractivity contribution is -0.143. The summed E-state index contributed by atoms with van der Waals surface area (Å²) in [5.74, 6) is 0.780. The van der Waals surface area contributed by atoms with E-state index in [9.17, 15) is 4.79 Å². The molecular formula is C15H30O2. The molecule has 2 heteroatoms. The van der Waals surface area contributed by atoms with Crippen LogP contribution >= 0.6 is 0 Å². The highest BCUT2D eigenvalue weighted by Crippen LogP contribution is 2.11. The Labute approximate surface area is 107 Å². The van der Waals surface area contributed by atoms with Gasteiger partial charge in [0.1, 0.15) is 0 Å². The third-order valence-corrected chi connectivity index (χ3v) is 2.98. The number of hydrogen-bond acceptors (Lipinski definition) is 2. The number of carbonyl (C=O) groups excluding carboxylic acids is 1. The number of rotatable bonds is 11. The van der Waals surface area contributed by atoms with Gasteiger partial charge in [0.2, 0.25) is 0 Å². The van der Waals surface area contributed by atoms with E-state index in [0.717, 1.165) is 12.3 Å². The van der Waals surface area contributed by atoms with E-state index in [0.29, 0.717) is 13.0 Å². The smallest absolute Gasteiger partial charge is 0.305 e. The van der Waals surface area contributed by atoms with Gasteiger partial charge in [0.05, 0.1) is 6.61 Å². The zero-order chi connectivity index (χ0) is 12.9. The van der Waals surface area contributed by atoms with Crippen LogP contribution in [0.25, 0.3) is 0 Å². The van der Waals surface area contributed by atoms with E-state index < -0.39 is 0 Å². The molecule has 0 amide bonds. The van der Waals surface area contributed by atoms with E-state index in [1.54, 1.807) is 0 Å². The summed E-state index contributed by atoms with van der Waals surface area (Å²) in [4.78, 5) is 10.9. The molecule has 0 saturated carbocycles. The minimum absolute atomic E-state index is 0.0707. The molecule has 0 aromatic carbocycles. The molecule has 0 aliphatic rings. The fourth-order valence-corrected chi connectivity index (χ4v) is 1.83. The van der Waals surface area contributed by atoms with Crippen molar-refractivity contribution < 1.29 is 9.53 Å². The van der Waals surface area contributed by atoms with Crippen molar-refractivity contribution >= 4 is 5.97 Å². The Hall–Kier alpha value is -0.530. The Kier molecular flexibility index (Phi) is 11.6. The number of unbranched alkanes of at least 4 members (excludes halogenated alkanes) is 6. The van der Waals surface area contributed by atoms with Crippen LogP contribution in [-0.4, -0.2) is 12.6 Å². The summed E-state index contributed by atoms with van der Waals surface area (Å²) in [5, 5.41) is 0. The Morgan fingerprint density at radius 2 is 1.47 bits per heavy atom. The predicted octanol–water partition coefficient (Wildman–Crippen LogP) is 4.72. The summed E-state index contributed by atoms with van der Waals surface area (Å²) in [6, 6.07) is 0. The topological polar surface area (TPSA) is 26.3 Å². The summed E-state index contributed by atoms with van der Waals surface area (Å²) < 4.78 is 5.02. The zero-order valence-corrected chi connectivity index (χ0v) is 12.0. The molecule has 102 valence electrons. The maximum atomic E-state index is 10.9. The van der Waals surface area contributed by atoms with Crippen molar-refractivity contribution in [2.24, 2.45) is 5.92 Å². The SMILES string of the molecule is CCC(=O)OCCCCCCCCCC(C)C. The van der Waals surface area contributed by atoms with Gasteiger partial charge in [0, 0.05) is 6.42 Å². The Bertz CT molecular complexity index is 176. The molecular weight excluding hydrogens is 212 g/mol. The second kappa shape index (κ2) is 11.9. The first-order valence-corrected chi connectivity index (χ1v) is 7.32. The summed E-state index contributed by atoms with van der Waals surface area (Å²) in [7, 11) is 0. The molecule has 0 spiro atoms. The molecule has 0 radical (unpaired) electrons. The molecule has 0 aliphatic heterocycles. The van der Waals surface area contributed by atoms with Crippen molar-refractivity contribution in [2.75, 3.05) is 6.61 Å². The lowest BCUT2D eigenvalue weighted by Crippen LogP contribution is -2.03. The molecule has 0 unspecified atom stereocenters. The van der Waals surface area contributed by atoms with Crippen LogP contribution in [0.3, 0.4) is 0 Å². The molecule has 0 N–H and O–H groups in total. The lowest BCUT2D eigenvalue weighted by atomic mass is 10.0. The van der Waals surface area contributed by atoms with Gasteiger partial charge in [-0.05, 0) is 12.3 Å². The third-order valence-electron chi connectivity index (χ3n) is 2.98. The largest absolute Gasteiger partial charge is 0.466 e. The van der Waals surface area contributed by atoms with Crippen molar-refractivity contribution in [3.05, 3.63) is 0 Å². The number of carbonyl (C=O) groups is 1. The average Bonchev–Trinajstić information content (AvgIpc) is 2.30. The third kappa shape index (κ3) is 13.4. The fraction of sp³-hybridized carbons (Fsp3) is 0.933. The maximum Gasteiger partial charge on any atom is 0.305 e. The minimum Gasteiger partial charge on any atom is -0.466 e. The number of ether oxygens (including phenoxy) is 1. The first kappa shape index (κ1) is 16.5. The normalized spacial score (nSPS) is 10.8. The first-order chi connectivity index (χ1) is 8.16. The molecule has 0 heterocycles. The summed E-state index contributed by atoms with van der Waals surface area (Å²) in [6.07, 6.45) is 10.8. The van der Waals surface area contributed by atoms with Gasteiger partial charge in [-0.3, -0.25) is 4.79 Å². The quantitative estimate of drug-likeness (QED) is 0.387. The zero-order valence-electron chi connectivity index (χ0n) is 12.0. The molecule has 0 rings (SSSR count). The lowest BCUT2D eigenvalue weighted by Gasteiger charge is -2.05. The minimum atomic E-state index is -0.0707. The highest BCUT2D eigenvalue weighted by molar-refractivity contribution is 5.68. The summed E-state index contributed by atoms with van der Waals surface area (Å²) in [6.45, 7) is 7.02. The van der Waals surface area contributed by atoms with Crippen molar-refractivity contribution in [1.29, 1.82) is 0 Å². The van der Waals surface area contributed by atoms with Crippen LogP contribution < -0.4 is 0 Å². The van der Waals surface area contributed by atoms with Crippen LogP contribution in [0.5, 0.6) is 0 Å². The number of hydrogen-bond donors (Lipinski definition) is 0. The fourth-order valence-electron chi connectivity index (χ4n) is 1.83. The van der Waals surface area contributed by atoms with Crippen LogP contribution in [0.4, 0.5) is 0 Å². The van der Waals surface area contributed by atoms with Gasteiger partial charge in [-0.25, -0.2) is 0 Å². The van der Waals surface area contributed by atoms with E-state index in [2.05, 4.69) is 13.8 Å². The summed E-state index contributed by atoms with van der Waals surface area (Å²) >= 11 is 0. The van der Waals surface area contributed by atoms with E-state index in [1.165, 1.54) is 44.9 Å². The van der Waals surface area contributed by atoms with Crippen molar-refractivity contribution in [1.82, 2.24) is 0 Å². The van der Waals surface area contributed by atoms with E-state index >= 15 is 0 Å².